The van der Waals surface area contributed by atoms with E-state index in [-0.39, 0.29) is 11.3 Å². The third kappa shape index (κ3) is 3.53. The molecule has 0 radical (unpaired) electrons. The number of halogens is 3. The first-order chi connectivity index (χ1) is 12.0. The Bertz CT molecular complexity index is 732. The minimum atomic E-state index is -1.47. The second-order valence-electron chi connectivity index (χ2n) is 6.81. The van der Waals surface area contributed by atoms with Gasteiger partial charge in [-0.05, 0) is 48.6 Å². The summed E-state index contributed by atoms with van der Waals surface area (Å²) in [4.78, 5) is 0. The summed E-state index contributed by atoms with van der Waals surface area (Å²) in [7, 11) is 1.32. The van der Waals surface area contributed by atoms with E-state index in [0.29, 0.717) is 11.5 Å². The van der Waals surface area contributed by atoms with Gasteiger partial charge >= 0.3 is 0 Å². The summed E-state index contributed by atoms with van der Waals surface area (Å²) < 4.78 is 46.3. The van der Waals surface area contributed by atoms with Gasteiger partial charge in [0.1, 0.15) is 5.75 Å². The highest BCUT2D eigenvalue weighted by atomic mass is 19.2. The molecule has 0 aromatic heterocycles. The van der Waals surface area contributed by atoms with Crippen molar-refractivity contribution >= 4 is 0 Å². The molecule has 1 saturated carbocycles. The highest BCUT2D eigenvalue weighted by Crippen LogP contribution is 2.39. The Labute approximate surface area is 146 Å². The lowest BCUT2D eigenvalue weighted by atomic mass is 9.77. The maximum Gasteiger partial charge on any atom is 0.195 e. The summed E-state index contributed by atoms with van der Waals surface area (Å²) >= 11 is 0. The first kappa shape index (κ1) is 17.8. The number of hydrogen-bond acceptors (Lipinski definition) is 1. The summed E-state index contributed by atoms with van der Waals surface area (Å²) in [6.07, 6.45) is 6.06. The van der Waals surface area contributed by atoms with Gasteiger partial charge in [-0.2, -0.15) is 0 Å². The summed E-state index contributed by atoms with van der Waals surface area (Å²) in [6.45, 7) is 2.24. The summed E-state index contributed by atoms with van der Waals surface area (Å²) in [5.74, 6) is -2.59. The number of rotatable bonds is 4. The molecule has 2 aromatic rings. The third-order valence-corrected chi connectivity index (χ3v) is 5.44. The average molecular weight is 348 g/mol. The molecule has 3 rings (SSSR count). The Kier molecular flexibility index (Phi) is 5.36. The van der Waals surface area contributed by atoms with Crippen LogP contribution in [0.1, 0.15) is 50.5 Å². The SMILES string of the molecule is CC[C@H]1CC[C@H](c2ccc(-c3c(OC)cc(F)c(F)c3F)cc2)CC1. The Morgan fingerprint density at radius 2 is 1.60 bits per heavy atom. The molecular weight excluding hydrogens is 325 g/mol. The predicted octanol–water partition coefficient (Wildman–Crippen LogP) is 6.46. The average Bonchev–Trinajstić information content (AvgIpc) is 2.66. The second-order valence-corrected chi connectivity index (χ2v) is 6.81. The van der Waals surface area contributed by atoms with Crippen molar-refractivity contribution in [2.24, 2.45) is 5.92 Å². The Hall–Kier alpha value is -1.97. The maximum absolute atomic E-state index is 14.2. The molecule has 0 N–H and O–H groups in total. The zero-order chi connectivity index (χ0) is 18.0. The molecule has 2 aromatic carbocycles. The van der Waals surface area contributed by atoms with Crippen LogP contribution in [0, 0.1) is 23.4 Å². The molecule has 0 unspecified atom stereocenters. The third-order valence-electron chi connectivity index (χ3n) is 5.44. The van der Waals surface area contributed by atoms with Crippen LogP contribution in [-0.2, 0) is 0 Å². The minimum absolute atomic E-state index is 0.00685. The monoisotopic (exact) mass is 348 g/mol. The quantitative estimate of drug-likeness (QED) is 0.576. The fourth-order valence-corrected chi connectivity index (χ4v) is 3.83. The van der Waals surface area contributed by atoms with E-state index >= 15 is 0 Å². The van der Waals surface area contributed by atoms with E-state index in [1.165, 1.54) is 44.8 Å². The number of methoxy groups -OCH3 is 1. The molecule has 0 aliphatic heterocycles. The molecular formula is C21H23F3O. The van der Waals surface area contributed by atoms with Crippen LogP contribution in [-0.4, -0.2) is 7.11 Å². The molecule has 134 valence electrons. The van der Waals surface area contributed by atoms with E-state index in [1.807, 2.05) is 12.1 Å². The Morgan fingerprint density at radius 3 is 2.16 bits per heavy atom. The van der Waals surface area contributed by atoms with Crippen LogP contribution in [0.2, 0.25) is 0 Å². The minimum Gasteiger partial charge on any atom is -0.496 e. The zero-order valence-electron chi connectivity index (χ0n) is 14.6. The zero-order valence-corrected chi connectivity index (χ0v) is 14.6. The van der Waals surface area contributed by atoms with Crippen LogP contribution in [0.4, 0.5) is 13.2 Å². The van der Waals surface area contributed by atoms with Crippen LogP contribution in [0.25, 0.3) is 11.1 Å². The van der Waals surface area contributed by atoms with E-state index in [9.17, 15) is 13.2 Å². The van der Waals surface area contributed by atoms with Crippen molar-refractivity contribution in [2.45, 2.75) is 44.9 Å². The fourth-order valence-electron chi connectivity index (χ4n) is 3.83. The van der Waals surface area contributed by atoms with E-state index in [4.69, 9.17) is 4.74 Å². The maximum atomic E-state index is 14.2. The van der Waals surface area contributed by atoms with Gasteiger partial charge in [-0.25, -0.2) is 13.2 Å². The Morgan fingerprint density at radius 1 is 0.960 bits per heavy atom. The van der Waals surface area contributed by atoms with Gasteiger partial charge in [-0.15, -0.1) is 0 Å². The van der Waals surface area contributed by atoms with Gasteiger partial charge in [-0.3, -0.25) is 0 Å². The van der Waals surface area contributed by atoms with Gasteiger partial charge in [0.25, 0.3) is 0 Å². The molecule has 0 saturated heterocycles. The molecule has 1 aliphatic carbocycles. The molecule has 0 heterocycles. The fraction of sp³-hybridized carbons (Fsp3) is 0.429. The van der Waals surface area contributed by atoms with Crippen molar-refractivity contribution in [2.75, 3.05) is 7.11 Å². The molecule has 0 atom stereocenters. The first-order valence-electron chi connectivity index (χ1n) is 8.87. The second kappa shape index (κ2) is 7.51. The van der Waals surface area contributed by atoms with Crippen LogP contribution >= 0.6 is 0 Å². The highest BCUT2D eigenvalue weighted by molar-refractivity contribution is 5.71. The van der Waals surface area contributed by atoms with E-state index < -0.39 is 17.5 Å². The van der Waals surface area contributed by atoms with Crippen molar-refractivity contribution in [3.63, 3.8) is 0 Å². The smallest absolute Gasteiger partial charge is 0.195 e. The van der Waals surface area contributed by atoms with Gasteiger partial charge in [0.15, 0.2) is 17.5 Å². The van der Waals surface area contributed by atoms with Crippen molar-refractivity contribution in [1.29, 1.82) is 0 Å². The number of hydrogen-bond donors (Lipinski definition) is 0. The van der Waals surface area contributed by atoms with Crippen LogP contribution in [0.15, 0.2) is 30.3 Å². The molecule has 25 heavy (non-hydrogen) atoms. The predicted molar refractivity (Wildman–Crippen MR) is 93.3 cm³/mol. The normalized spacial score (nSPS) is 20.5. The number of ether oxygens (including phenoxy) is 1. The van der Waals surface area contributed by atoms with Crippen LogP contribution in [0.5, 0.6) is 5.75 Å². The lowest BCUT2D eigenvalue weighted by molar-refractivity contribution is 0.319. The summed E-state index contributed by atoms with van der Waals surface area (Å²) in [5.41, 5.74) is 1.67. The molecule has 1 fully saturated rings. The van der Waals surface area contributed by atoms with E-state index in [0.717, 1.165) is 12.0 Å². The van der Waals surface area contributed by atoms with Crippen molar-refractivity contribution in [3.05, 3.63) is 53.3 Å². The largest absolute Gasteiger partial charge is 0.496 e. The van der Waals surface area contributed by atoms with Gasteiger partial charge in [0.05, 0.1) is 12.7 Å². The van der Waals surface area contributed by atoms with Crippen molar-refractivity contribution < 1.29 is 17.9 Å². The van der Waals surface area contributed by atoms with Gasteiger partial charge in [-0.1, -0.05) is 37.6 Å². The van der Waals surface area contributed by atoms with E-state index in [2.05, 4.69) is 6.92 Å². The molecule has 1 nitrogen and oxygen atoms in total. The van der Waals surface area contributed by atoms with Gasteiger partial charge in [0, 0.05) is 6.07 Å². The molecule has 1 aliphatic rings. The Balaban J connectivity index is 1.87. The van der Waals surface area contributed by atoms with Crippen LogP contribution < -0.4 is 4.74 Å². The topological polar surface area (TPSA) is 9.23 Å². The highest BCUT2D eigenvalue weighted by Gasteiger charge is 2.23. The van der Waals surface area contributed by atoms with Crippen molar-refractivity contribution in [3.8, 4) is 16.9 Å². The summed E-state index contributed by atoms with van der Waals surface area (Å²) in [5, 5.41) is 0. The lowest BCUT2D eigenvalue weighted by Crippen LogP contribution is -2.12. The van der Waals surface area contributed by atoms with Crippen molar-refractivity contribution in [1.82, 2.24) is 0 Å². The summed E-state index contributed by atoms with van der Waals surface area (Å²) in [6, 6.07) is 8.34. The number of benzene rings is 2. The molecule has 4 heteroatoms. The molecule has 0 bridgehead atoms. The van der Waals surface area contributed by atoms with E-state index in [1.54, 1.807) is 12.1 Å². The van der Waals surface area contributed by atoms with Gasteiger partial charge in [0.2, 0.25) is 0 Å². The molecule has 0 spiro atoms. The standard InChI is InChI=1S/C21H23F3O/c1-3-13-4-6-14(7-5-13)15-8-10-16(11-9-15)19-18(25-2)12-17(22)20(23)21(19)24/h8-14H,3-7H2,1-2H3/t13-,14-. The van der Waals surface area contributed by atoms with Gasteiger partial charge < -0.3 is 4.74 Å². The first-order valence-corrected chi connectivity index (χ1v) is 8.87. The lowest BCUT2D eigenvalue weighted by Gasteiger charge is -2.28. The van der Waals surface area contributed by atoms with Crippen LogP contribution in [0.3, 0.4) is 0 Å². The molecule has 0 amide bonds.